The monoisotopic (exact) mass is 308 g/mol. The first-order valence-electron chi connectivity index (χ1n) is 5.25. The van der Waals surface area contributed by atoms with Crippen molar-refractivity contribution in [3.05, 3.63) is 57.9 Å². The van der Waals surface area contributed by atoms with Crippen LogP contribution in [0, 0.1) is 12.7 Å². The summed E-state index contributed by atoms with van der Waals surface area (Å²) >= 11 is 3.31. The lowest BCUT2D eigenvalue weighted by Gasteiger charge is -2.07. The second-order valence-electron chi connectivity index (χ2n) is 3.78. The predicted molar refractivity (Wildman–Crippen MR) is 71.0 cm³/mol. The topological polar surface area (TPSA) is 42.0 Å². The van der Waals surface area contributed by atoms with Gasteiger partial charge in [-0.25, -0.2) is 9.37 Å². The van der Waals surface area contributed by atoms with Gasteiger partial charge in [0.15, 0.2) is 0 Å². The van der Waals surface area contributed by atoms with Gasteiger partial charge in [-0.05, 0) is 36.8 Å². The fraction of sp³-hybridized carbons (Fsp3) is 0.0769. The number of anilines is 1. The Hall–Kier alpha value is -1.75. The van der Waals surface area contributed by atoms with Crippen LogP contribution in [0.1, 0.15) is 15.9 Å². The Balaban J connectivity index is 2.21. The molecule has 0 bridgehead atoms. The maximum Gasteiger partial charge on any atom is 0.257 e. The first kappa shape index (κ1) is 12.7. The van der Waals surface area contributed by atoms with E-state index in [2.05, 4.69) is 26.2 Å². The quantitative estimate of drug-likeness (QED) is 0.922. The van der Waals surface area contributed by atoms with Crippen LogP contribution in [0.15, 0.2) is 41.0 Å². The second kappa shape index (κ2) is 5.27. The minimum absolute atomic E-state index is 0.270. The number of carbonyl (C=O) groups is 1. The number of amides is 1. The van der Waals surface area contributed by atoms with Crippen LogP contribution < -0.4 is 5.32 Å². The normalized spacial score (nSPS) is 10.2. The van der Waals surface area contributed by atoms with Gasteiger partial charge in [-0.1, -0.05) is 22.0 Å². The Labute approximate surface area is 112 Å². The molecule has 0 atom stereocenters. The molecule has 1 aromatic heterocycles. The van der Waals surface area contributed by atoms with Crippen molar-refractivity contribution >= 4 is 27.7 Å². The molecule has 0 spiro atoms. The lowest BCUT2D eigenvalue weighted by Crippen LogP contribution is -2.14. The molecule has 92 valence electrons. The fourth-order valence-electron chi connectivity index (χ4n) is 1.47. The number of halogens is 2. The summed E-state index contributed by atoms with van der Waals surface area (Å²) in [6.07, 6.45) is 1.06. The van der Waals surface area contributed by atoms with Crippen molar-refractivity contribution < 1.29 is 9.18 Å². The van der Waals surface area contributed by atoms with Gasteiger partial charge in [0.25, 0.3) is 5.91 Å². The third-order valence-corrected chi connectivity index (χ3v) is 2.91. The van der Waals surface area contributed by atoms with E-state index in [0.717, 1.165) is 16.2 Å². The molecule has 0 fully saturated rings. The van der Waals surface area contributed by atoms with E-state index in [0.29, 0.717) is 11.4 Å². The van der Waals surface area contributed by atoms with Gasteiger partial charge in [0, 0.05) is 10.0 Å². The van der Waals surface area contributed by atoms with Gasteiger partial charge < -0.3 is 5.32 Å². The number of carbonyl (C=O) groups excluding carboxylic acids is 1. The Morgan fingerprint density at radius 1 is 1.33 bits per heavy atom. The van der Waals surface area contributed by atoms with Crippen molar-refractivity contribution in [3.8, 4) is 0 Å². The van der Waals surface area contributed by atoms with Gasteiger partial charge in [-0.2, -0.15) is 0 Å². The molecular formula is C13H10BrFN2O. The zero-order chi connectivity index (χ0) is 13.1. The number of aromatic nitrogens is 1. The first-order chi connectivity index (χ1) is 8.56. The van der Waals surface area contributed by atoms with Gasteiger partial charge in [0.05, 0.1) is 6.20 Å². The average molecular weight is 309 g/mol. The smallest absolute Gasteiger partial charge is 0.257 e. The van der Waals surface area contributed by atoms with Crippen molar-refractivity contribution in [2.24, 2.45) is 0 Å². The number of pyridine rings is 1. The van der Waals surface area contributed by atoms with Crippen LogP contribution in [-0.2, 0) is 0 Å². The molecule has 0 aliphatic carbocycles. The van der Waals surface area contributed by atoms with Gasteiger partial charge in [-0.15, -0.1) is 0 Å². The molecule has 0 aliphatic rings. The lowest BCUT2D eigenvalue weighted by molar-refractivity contribution is 0.102. The van der Waals surface area contributed by atoms with E-state index in [-0.39, 0.29) is 5.91 Å². The van der Waals surface area contributed by atoms with Gasteiger partial charge in [0.2, 0.25) is 0 Å². The van der Waals surface area contributed by atoms with Crippen molar-refractivity contribution in [1.82, 2.24) is 4.98 Å². The molecule has 3 nitrogen and oxygen atoms in total. The molecule has 0 radical (unpaired) electrons. The molecular weight excluding hydrogens is 299 g/mol. The van der Waals surface area contributed by atoms with Crippen LogP contribution in [0.5, 0.6) is 0 Å². The summed E-state index contributed by atoms with van der Waals surface area (Å²) in [5.41, 5.74) is 1.41. The van der Waals surface area contributed by atoms with Crippen LogP contribution in [-0.4, -0.2) is 10.9 Å². The third kappa shape index (κ3) is 2.92. The Morgan fingerprint density at radius 2 is 2.11 bits per heavy atom. The van der Waals surface area contributed by atoms with E-state index >= 15 is 0 Å². The standard InChI is InChI=1S/C13H10BrFN2O/c1-8-2-3-9(14)6-11(8)13(18)17-12-5-4-10(15)7-16-12/h2-7H,1H3,(H,16,17,18). The zero-order valence-corrected chi connectivity index (χ0v) is 11.2. The molecule has 0 aliphatic heterocycles. The Bertz CT molecular complexity index is 584. The van der Waals surface area contributed by atoms with Crippen LogP contribution >= 0.6 is 15.9 Å². The highest BCUT2D eigenvalue weighted by Gasteiger charge is 2.10. The number of rotatable bonds is 2. The summed E-state index contributed by atoms with van der Waals surface area (Å²) in [5.74, 6) is -0.389. The minimum Gasteiger partial charge on any atom is -0.307 e. The molecule has 2 rings (SSSR count). The van der Waals surface area contributed by atoms with Crippen LogP contribution in [0.25, 0.3) is 0 Å². The van der Waals surface area contributed by atoms with E-state index in [4.69, 9.17) is 0 Å². The van der Waals surface area contributed by atoms with E-state index in [1.54, 1.807) is 6.07 Å². The van der Waals surface area contributed by atoms with Crippen molar-refractivity contribution in [1.29, 1.82) is 0 Å². The summed E-state index contributed by atoms with van der Waals surface area (Å²) in [4.78, 5) is 15.8. The van der Waals surface area contributed by atoms with E-state index in [1.807, 2.05) is 19.1 Å². The van der Waals surface area contributed by atoms with Crippen molar-refractivity contribution in [2.75, 3.05) is 5.32 Å². The first-order valence-corrected chi connectivity index (χ1v) is 6.04. The molecule has 2 aromatic rings. The zero-order valence-electron chi connectivity index (χ0n) is 9.58. The van der Waals surface area contributed by atoms with E-state index in [9.17, 15) is 9.18 Å². The van der Waals surface area contributed by atoms with Crippen LogP contribution in [0.3, 0.4) is 0 Å². The van der Waals surface area contributed by atoms with Gasteiger partial charge in [0.1, 0.15) is 11.6 Å². The molecule has 0 unspecified atom stereocenters. The summed E-state index contributed by atoms with van der Waals surface area (Å²) < 4.78 is 13.5. The Kier molecular flexibility index (Phi) is 3.72. The molecule has 5 heteroatoms. The largest absolute Gasteiger partial charge is 0.307 e. The van der Waals surface area contributed by atoms with Crippen molar-refractivity contribution in [2.45, 2.75) is 6.92 Å². The van der Waals surface area contributed by atoms with E-state index < -0.39 is 5.82 Å². The maximum atomic E-state index is 12.7. The summed E-state index contributed by atoms with van der Waals surface area (Å²) in [6.45, 7) is 1.85. The summed E-state index contributed by atoms with van der Waals surface area (Å²) in [6, 6.07) is 8.10. The number of hydrogen-bond donors (Lipinski definition) is 1. The van der Waals surface area contributed by atoms with Crippen LogP contribution in [0.4, 0.5) is 10.2 Å². The van der Waals surface area contributed by atoms with Gasteiger partial charge >= 0.3 is 0 Å². The molecule has 0 saturated carbocycles. The SMILES string of the molecule is Cc1ccc(Br)cc1C(=O)Nc1ccc(F)cn1. The van der Waals surface area contributed by atoms with Crippen molar-refractivity contribution in [3.63, 3.8) is 0 Å². The van der Waals surface area contributed by atoms with Crippen LogP contribution in [0.2, 0.25) is 0 Å². The molecule has 18 heavy (non-hydrogen) atoms. The summed E-state index contributed by atoms with van der Waals surface area (Å²) in [7, 11) is 0. The fourth-order valence-corrected chi connectivity index (χ4v) is 1.83. The van der Waals surface area contributed by atoms with Gasteiger partial charge in [-0.3, -0.25) is 4.79 Å². The summed E-state index contributed by atoms with van der Waals surface area (Å²) in [5, 5.41) is 2.62. The third-order valence-electron chi connectivity index (χ3n) is 2.41. The number of nitrogens with one attached hydrogen (secondary N) is 1. The molecule has 1 heterocycles. The molecule has 0 saturated heterocycles. The molecule has 1 aromatic carbocycles. The minimum atomic E-state index is -0.438. The maximum absolute atomic E-state index is 12.7. The number of nitrogens with zero attached hydrogens (tertiary/aromatic N) is 1. The highest BCUT2D eigenvalue weighted by molar-refractivity contribution is 9.10. The molecule has 1 amide bonds. The highest BCUT2D eigenvalue weighted by Crippen LogP contribution is 2.17. The average Bonchev–Trinajstić information content (AvgIpc) is 2.35. The van der Waals surface area contributed by atoms with E-state index in [1.165, 1.54) is 12.1 Å². The predicted octanol–water partition coefficient (Wildman–Crippen LogP) is 3.54. The number of hydrogen-bond acceptors (Lipinski definition) is 2. The lowest BCUT2D eigenvalue weighted by atomic mass is 10.1. The second-order valence-corrected chi connectivity index (χ2v) is 4.69. The highest BCUT2D eigenvalue weighted by atomic mass is 79.9. The number of benzene rings is 1. The number of aryl methyl sites for hydroxylation is 1. The molecule has 1 N–H and O–H groups in total. The Morgan fingerprint density at radius 3 is 2.78 bits per heavy atom.